The fraction of sp³-hybridized carbons (Fsp3) is 0.333. The van der Waals surface area contributed by atoms with Crippen molar-refractivity contribution in [3.8, 4) is 5.75 Å². The number of ether oxygens (including phenoxy) is 2. The van der Waals surface area contributed by atoms with Gasteiger partial charge in [-0.1, -0.05) is 0 Å². The third-order valence-electron chi connectivity index (χ3n) is 1.89. The first-order valence-electron chi connectivity index (χ1n) is 4.55. The van der Waals surface area contributed by atoms with Crippen LogP contribution in [0.15, 0.2) is 10.9 Å². The highest BCUT2D eigenvalue weighted by molar-refractivity contribution is 5.89. The molecule has 5 nitrogen and oxygen atoms in total. The summed E-state index contributed by atoms with van der Waals surface area (Å²) in [5.41, 5.74) is -3.55. The van der Waals surface area contributed by atoms with Crippen molar-refractivity contribution in [1.29, 1.82) is 0 Å². The van der Waals surface area contributed by atoms with Crippen LogP contribution in [0.4, 0.5) is 22.0 Å². The fourth-order valence-electron chi connectivity index (χ4n) is 1.17. The standard InChI is InChI=1S/C9H6F5NO4/c1-18-8(17)5-3(6(10)11)2-4(7(16)15-5)19-9(12,13)14/h2,6H,1H3,(H,15,16). The molecule has 19 heavy (non-hydrogen) atoms. The maximum atomic E-state index is 12.6. The van der Waals surface area contributed by atoms with Crippen LogP contribution in [-0.4, -0.2) is 24.4 Å². The van der Waals surface area contributed by atoms with Crippen molar-refractivity contribution in [3.63, 3.8) is 0 Å². The van der Waals surface area contributed by atoms with Crippen LogP contribution in [-0.2, 0) is 4.74 Å². The molecule has 0 saturated heterocycles. The molecule has 106 valence electrons. The van der Waals surface area contributed by atoms with Gasteiger partial charge in [0.25, 0.3) is 12.0 Å². The SMILES string of the molecule is COC(=O)c1[nH]c(=O)c(OC(F)(F)F)cc1C(F)F. The fourth-order valence-corrected chi connectivity index (χ4v) is 1.17. The van der Waals surface area contributed by atoms with E-state index in [4.69, 9.17) is 0 Å². The zero-order valence-electron chi connectivity index (χ0n) is 9.18. The number of hydrogen-bond acceptors (Lipinski definition) is 4. The van der Waals surface area contributed by atoms with Gasteiger partial charge in [0.15, 0.2) is 5.75 Å². The number of alkyl halides is 5. The topological polar surface area (TPSA) is 68.4 Å². The first-order valence-corrected chi connectivity index (χ1v) is 4.55. The third kappa shape index (κ3) is 3.66. The largest absolute Gasteiger partial charge is 0.573 e. The molecular weight excluding hydrogens is 281 g/mol. The summed E-state index contributed by atoms with van der Waals surface area (Å²) < 4.78 is 68.4. The van der Waals surface area contributed by atoms with Crippen LogP contribution in [0.2, 0.25) is 0 Å². The summed E-state index contributed by atoms with van der Waals surface area (Å²) in [5.74, 6) is -2.71. The maximum absolute atomic E-state index is 12.6. The Labute approximate surface area is 101 Å². The molecule has 0 saturated carbocycles. The van der Waals surface area contributed by atoms with Gasteiger partial charge in [-0.3, -0.25) is 4.79 Å². The second-order valence-electron chi connectivity index (χ2n) is 3.13. The van der Waals surface area contributed by atoms with Crippen LogP contribution in [0.1, 0.15) is 22.5 Å². The van der Waals surface area contributed by atoms with E-state index in [9.17, 15) is 31.5 Å². The molecule has 1 rings (SSSR count). The van der Waals surface area contributed by atoms with E-state index >= 15 is 0 Å². The molecule has 0 aliphatic carbocycles. The smallest absolute Gasteiger partial charge is 0.464 e. The van der Waals surface area contributed by atoms with Crippen molar-refractivity contribution < 1.29 is 36.2 Å². The normalized spacial score (nSPS) is 11.5. The van der Waals surface area contributed by atoms with Gasteiger partial charge in [-0.25, -0.2) is 13.6 Å². The van der Waals surface area contributed by atoms with Crippen LogP contribution in [0, 0.1) is 0 Å². The van der Waals surface area contributed by atoms with E-state index in [0.29, 0.717) is 0 Å². The number of methoxy groups -OCH3 is 1. The van der Waals surface area contributed by atoms with E-state index in [2.05, 4.69) is 9.47 Å². The molecule has 10 heteroatoms. The number of rotatable bonds is 3. The Morgan fingerprint density at radius 2 is 1.95 bits per heavy atom. The molecule has 0 aliphatic rings. The number of halogens is 5. The van der Waals surface area contributed by atoms with Gasteiger partial charge in [0.2, 0.25) is 0 Å². The molecule has 0 unspecified atom stereocenters. The molecule has 0 aliphatic heterocycles. The zero-order valence-corrected chi connectivity index (χ0v) is 9.18. The Morgan fingerprint density at radius 1 is 1.37 bits per heavy atom. The molecule has 0 bridgehead atoms. The van der Waals surface area contributed by atoms with Gasteiger partial charge in [-0.15, -0.1) is 13.2 Å². The molecule has 0 spiro atoms. The Kier molecular flexibility index (Phi) is 4.12. The van der Waals surface area contributed by atoms with Gasteiger partial charge in [0.05, 0.1) is 12.7 Å². The maximum Gasteiger partial charge on any atom is 0.573 e. The van der Waals surface area contributed by atoms with Crippen molar-refractivity contribution in [2.45, 2.75) is 12.8 Å². The van der Waals surface area contributed by atoms with E-state index in [-0.39, 0.29) is 6.07 Å². The van der Waals surface area contributed by atoms with Crippen molar-refractivity contribution in [2.75, 3.05) is 7.11 Å². The van der Waals surface area contributed by atoms with Crippen molar-refractivity contribution in [3.05, 3.63) is 27.7 Å². The highest BCUT2D eigenvalue weighted by atomic mass is 19.4. The summed E-state index contributed by atoms with van der Waals surface area (Å²) >= 11 is 0. The van der Waals surface area contributed by atoms with Crippen LogP contribution in [0.3, 0.4) is 0 Å². The summed E-state index contributed by atoms with van der Waals surface area (Å²) in [6.07, 6.45) is -8.53. The number of carbonyl (C=O) groups excluding carboxylic acids is 1. The number of esters is 1. The zero-order chi connectivity index (χ0) is 14.8. The Bertz CT molecular complexity index is 536. The number of nitrogens with one attached hydrogen (secondary N) is 1. The van der Waals surface area contributed by atoms with Crippen LogP contribution in [0.5, 0.6) is 5.75 Å². The molecule has 0 aromatic carbocycles. The number of aromatic amines is 1. The van der Waals surface area contributed by atoms with E-state index in [1.165, 1.54) is 0 Å². The summed E-state index contributed by atoms with van der Waals surface area (Å²) in [6, 6.07) is 0.142. The Hall–Kier alpha value is -2.13. The van der Waals surface area contributed by atoms with E-state index in [0.717, 1.165) is 7.11 Å². The second-order valence-corrected chi connectivity index (χ2v) is 3.13. The molecule has 0 atom stereocenters. The van der Waals surface area contributed by atoms with Crippen molar-refractivity contribution in [2.24, 2.45) is 0 Å². The van der Waals surface area contributed by atoms with Crippen molar-refractivity contribution in [1.82, 2.24) is 4.98 Å². The molecule has 1 aromatic rings. The lowest BCUT2D eigenvalue weighted by Gasteiger charge is -2.11. The van der Waals surface area contributed by atoms with Crippen LogP contribution < -0.4 is 10.3 Å². The number of H-pyrrole nitrogens is 1. The molecule has 1 N–H and O–H groups in total. The lowest BCUT2D eigenvalue weighted by Crippen LogP contribution is -2.25. The summed E-state index contributed by atoms with van der Waals surface area (Å²) in [4.78, 5) is 23.8. The van der Waals surface area contributed by atoms with E-state index in [1.54, 1.807) is 4.98 Å². The Morgan fingerprint density at radius 3 is 2.37 bits per heavy atom. The third-order valence-corrected chi connectivity index (χ3v) is 1.89. The molecular formula is C9H6F5NO4. The lowest BCUT2D eigenvalue weighted by molar-refractivity contribution is -0.275. The van der Waals surface area contributed by atoms with E-state index < -0.39 is 41.3 Å². The van der Waals surface area contributed by atoms with Gasteiger partial charge >= 0.3 is 12.3 Å². The van der Waals surface area contributed by atoms with Gasteiger partial charge in [0, 0.05) is 0 Å². The molecule has 0 radical (unpaired) electrons. The van der Waals surface area contributed by atoms with Crippen molar-refractivity contribution >= 4 is 5.97 Å². The lowest BCUT2D eigenvalue weighted by atomic mass is 10.2. The summed E-state index contributed by atoms with van der Waals surface area (Å²) in [5, 5.41) is 0. The summed E-state index contributed by atoms with van der Waals surface area (Å²) in [7, 11) is 0.857. The van der Waals surface area contributed by atoms with Gasteiger partial charge in [-0.2, -0.15) is 0 Å². The highest BCUT2D eigenvalue weighted by Gasteiger charge is 2.33. The second kappa shape index (κ2) is 5.24. The van der Waals surface area contributed by atoms with E-state index in [1.807, 2.05) is 0 Å². The number of pyridine rings is 1. The predicted octanol–water partition coefficient (Wildman–Crippen LogP) is 2.00. The van der Waals surface area contributed by atoms with Gasteiger partial charge in [-0.05, 0) is 6.07 Å². The average molecular weight is 287 g/mol. The minimum Gasteiger partial charge on any atom is -0.464 e. The van der Waals surface area contributed by atoms with Gasteiger partial charge in [0.1, 0.15) is 5.69 Å². The predicted molar refractivity (Wildman–Crippen MR) is 50.0 cm³/mol. The van der Waals surface area contributed by atoms with Gasteiger partial charge < -0.3 is 14.5 Å². The van der Waals surface area contributed by atoms with Crippen LogP contribution in [0.25, 0.3) is 0 Å². The average Bonchev–Trinajstić information content (AvgIpc) is 2.28. The molecule has 0 fully saturated rings. The number of hydrogen-bond donors (Lipinski definition) is 1. The molecule has 1 aromatic heterocycles. The minimum atomic E-state index is -5.22. The summed E-state index contributed by atoms with van der Waals surface area (Å²) in [6.45, 7) is 0. The first-order chi connectivity index (χ1) is 8.65. The molecule has 0 amide bonds. The monoisotopic (exact) mass is 287 g/mol. The minimum absolute atomic E-state index is 0.142. The Balaban J connectivity index is 3.37. The number of aromatic nitrogens is 1. The van der Waals surface area contributed by atoms with Crippen LogP contribution >= 0.6 is 0 Å². The first kappa shape index (κ1) is 14.9. The molecule has 1 heterocycles. The number of carbonyl (C=O) groups is 1. The highest BCUT2D eigenvalue weighted by Crippen LogP contribution is 2.26. The quantitative estimate of drug-likeness (QED) is 0.682.